The minimum absolute atomic E-state index is 0.0234. The van der Waals surface area contributed by atoms with Crippen molar-refractivity contribution in [2.75, 3.05) is 23.0 Å². The number of carbonyl (C=O) groups is 1. The molecule has 5 rings (SSSR count). The Balaban J connectivity index is 1.75. The lowest BCUT2D eigenvalue weighted by Gasteiger charge is -2.38. The van der Waals surface area contributed by atoms with Crippen LogP contribution < -0.4 is 21.5 Å². The highest BCUT2D eigenvalue weighted by Gasteiger charge is 2.40. The molecule has 0 saturated carbocycles. The minimum Gasteiger partial charge on any atom is -0.455 e. The average molecular weight is 597 g/mol. The summed E-state index contributed by atoms with van der Waals surface area (Å²) >= 11 is 1.65. The van der Waals surface area contributed by atoms with Crippen molar-refractivity contribution in [2.24, 2.45) is 0 Å². The molecule has 0 unspecified atom stereocenters. The molecule has 43 heavy (non-hydrogen) atoms. The van der Waals surface area contributed by atoms with E-state index < -0.39 is 5.41 Å². The van der Waals surface area contributed by atoms with Crippen LogP contribution in [0.4, 0.5) is 17.6 Å². The molecule has 5 N–H and O–H groups in total. The van der Waals surface area contributed by atoms with Crippen LogP contribution in [0.25, 0.3) is 11.4 Å². The first-order valence-electron chi connectivity index (χ1n) is 14.3. The first kappa shape index (κ1) is 30.4. The molecule has 4 aromatic rings. The Hall–Kier alpha value is -4.11. The predicted octanol–water partition coefficient (Wildman–Crippen LogP) is 7.70. The quantitative estimate of drug-likeness (QED) is 0.204. The summed E-state index contributed by atoms with van der Waals surface area (Å²) in [7, 11) is 0. The van der Waals surface area contributed by atoms with Crippen molar-refractivity contribution in [1.29, 1.82) is 0 Å². The van der Waals surface area contributed by atoms with Crippen molar-refractivity contribution in [2.45, 2.75) is 76.5 Å². The third-order valence-electron chi connectivity index (χ3n) is 7.96. The van der Waals surface area contributed by atoms with Crippen LogP contribution in [0, 0.1) is 0 Å². The van der Waals surface area contributed by atoms with Crippen LogP contribution in [0.3, 0.4) is 0 Å². The van der Waals surface area contributed by atoms with E-state index in [1.165, 1.54) is 0 Å². The van der Waals surface area contributed by atoms with Gasteiger partial charge in [-0.05, 0) is 64.6 Å². The van der Waals surface area contributed by atoms with Crippen LogP contribution >= 0.6 is 11.8 Å². The number of nitrogens with one attached hydrogen (secondary N) is 1. The first-order valence-corrected chi connectivity index (χ1v) is 15.5. The maximum atomic E-state index is 14.0. The maximum Gasteiger partial charge on any atom is 0.259 e. The second-order valence-electron chi connectivity index (χ2n) is 13.6. The molecular weight excluding hydrogens is 556 g/mol. The molecule has 1 aromatic heterocycles. The number of benzene rings is 3. The summed E-state index contributed by atoms with van der Waals surface area (Å²) < 4.78 is 6.79. The van der Waals surface area contributed by atoms with Gasteiger partial charge in [0.15, 0.2) is 5.82 Å². The summed E-state index contributed by atoms with van der Waals surface area (Å²) in [4.78, 5) is 28.0. The zero-order valence-electron chi connectivity index (χ0n) is 26.3. The lowest BCUT2D eigenvalue weighted by atomic mass is 9.70. The monoisotopic (exact) mass is 596 g/mol. The number of nitrogens with zero attached hydrogens (tertiary/aromatic N) is 3. The molecule has 1 aliphatic rings. The van der Waals surface area contributed by atoms with E-state index in [0.29, 0.717) is 34.1 Å². The van der Waals surface area contributed by atoms with Gasteiger partial charge in [-0.15, -0.1) is 11.8 Å². The Kier molecular flexibility index (Phi) is 7.45. The second-order valence-corrected chi connectivity index (χ2v) is 14.5. The van der Waals surface area contributed by atoms with E-state index in [1.807, 2.05) is 42.7 Å². The molecule has 1 amide bonds. The van der Waals surface area contributed by atoms with Crippen LogP contribution in [0.2, 0.25) is 0 Å². The van der Waals surface area contributed by atoms with Gasteiger partial charge in [0.2, 0.25) is 11.9 Å². The first-order chi connectivity index (χ1) is 20.0. The van der Waals surface area contributed by atoms with Gasteiger partial charge in [0, 0.05) is 27.1 Å². The van der Waals surface area contributed by atoms with Gasteiger partial charge in [-0.2, -0.15) is 15.0 Å². The fourth-order valence-corrected chi connectivity index (χ4v) is 5.66. The summed E-state index contributed by atoms with van der Waals surface area (Å²) in [5.41, 5.74) is 16.9. The van der Waals surface area contributed by atoms with E-state index in [0.717, 1.165) is 27.1 Å². The number of carbonyl (C=O) groups excluding carboxylic acids is 1. The summed E-state index contributed by atoms with van der Waals surface area (Å²) in [5, 5.41) is 3.09. The summed E-state index contributed by atoms with van der Waals surface area (Å²) in [6.45, 7) is 17.2. The number of ether oxygens (including phenoxy) is 1. The third-order valence-corrected chi connectivity index (χ3v) is 8.71. The highest BCUT2D eigenvalue weighted by Crippen LogP contribution is 2.54. The van der Waals surface area contributed by atoms with Gasteiger partial charge in [-0.25, -0.2) is 0 Å². The molecule has 0 aliphatic carbocycles. The van der Waals surface area contributed by atoms with Crippen LogP contribution in [0.15, 0.2) is 53.4 Å². The number of anilines is 3. The Morgan fingerprint density at radius 2 is 1.35 bits per heavy atom. The van der Waals surface area contributed by atoms with Gasteiger partial charge in [0.05, 0.1) is 11.1 Å². The Labute approximate surface area is 258 Å². The van der Waals surface area contributed by atoms with E-state index >= 15 is 0 Å². The number of thioether (sulfide) groups is 1. The van der Waals surface area contributed by atoms with Gasteiger partial charge in [0.25, 0.3) is 5.91 Å². The zero-order chi connectivity index (χ0) is 31.5. The predicted molar refractivity (Wildman–Crippen MR) is 176 cm³/mol. The van der Waals surface area contributed by atoms with Crippen molar-refractivity contribution < 1.29 is 9.53 Å². The number of rotatable bonds is 4. The average Bonchev–Trinajstić information content (AvgIpc) is 2.91. The smallest absolute Gasteiger partial charge is 0.259 e. The van der Waals surface area contributed by atoms with Crippen molar-refractivity contribution in [3.63, 3.8) is 0 Å². The van der Waals surface area contributed by atoms with E-state index in [-0.39, 0.29) is 28.6 Å². The van der Waals surface area contributed by atoms with Gasteiger partial charge >= 0.3 is 0 Å². The van der Waals surface area contributed by atoms with Crippen LogP contribution in [0.5, 0.6) is 11.5 Å². The van der Waals surface area contributed by atoms with Crippen molar-refractivity contribution >= 4 is 35.3 Å². The molecule has 0 fully saturated rings. The van der Waals surface area contributed by atoms with Gasteiger partial charge in [0.1, 0.15) is 11.5 Å². The molecule has 2 heterocycles. The fourth-order valence-electron chi connectivity index (χ4n) is 5.26. The summed E-state index contributed by atoms with van der Waals surface area (Å²) in [6.07, 6.45) is 2.02. The second kappa shape index (κ2) is 10.6. The molecule has 0 spiro atoms. The summed E-state index contributed by atoms with van der Waals surface area (Å²) in [5.74, 6) is 1.18. The minimum atomic E-state index is -0.542. The van der Waals surface area contributed by atoms with Crippen LogP contribution in [-0.2, 0) is 16.2 Å². The number of nitrogen functional groups attached to an aromatic ring is 2. The topological polar surface area (TPSA) is 129 Å². The summed E-state index contributed by atoms with van der Waals surface area (Å²) in [6, 6.07) is 16.1. The van der Waals surface area contributed by atoms with Crippen molar-refractivity contribution in [1.82, 2.24) is 15.0 Å². The van der Waals surface area contributed by atoms with E-state index in [9.17, 15) is 4.79 Å². The fraction of sp³-hybridized carbons (Fsp3) is 0.353. The Morgan fingerprint density at radius 3 is 1.88 bits per heavy atom. The molecule has 0 saturated heterocycles. The molecule has 9 heteroatoms. The van der Waals surface area contributed by atoms with Gasteiger partial charge < -0.3 is 21.5 Å². The van der Waals surface area contributed by atoms with Crippen LogP contribution in [0.1, 0.15) is 88.0 Å². The molecule has 224 valence electrons. The number of fused-ring (bicyclic) bond motifs is 2. The number of aromatic nitrogens is 3. The largest absolute Gasteiger partial charge is 0.455 e. The zero-order valence-corrected chi connectivity index (χ0v) is 27.2. The molecule has 3 aromatic carbocycles. The number of amides is 1. The Bertz CT molecular complexity index is 1710. The van der Waals surface area contributed by atoms with Crippen molar-refractivity contribution in [3.05, 3.63) is 76.3 Å². The number of hydrogen-bond donors (Lipinski definition) is 3. The SMILES string of the molecule is CSc1ccc(NC(=O)c2cc(C(C)(C)C)cc3c2Oc2c(-c4nc(N)nc(N)n4)cc(C(C)(C)C)cc2C3(C)C)cc1. The number of nitrogens with two attached hydrogens (primary N) is 2. The third kappa shape index (κ3) is 5.78. The van der Waals surface area contributed by atoms with Gasteiger partial charge in [-0.3, -0.25) is 4.79 Å². The molecule has 1 aliphatic heterocycles. The lowest BCUT2D eigenvalue weighted by molar-refractivity contribution is 0.102. The maximum absolute atomic E-state index is 14.0. The highest BCUT2D eigenvalue weighted by molar-refractivity contribution is 7.98. The molecular formula is C34H40N6O2S. The van der Waals surface area contributed by atoms with Crippen LogP contribution in [-0.4, -0.2) is 27.1 Å². The number of hydrogen-bond acceptors (Lipinski definition) is 8. The standard InChI is InChI=1S/C34H40N6O2S/c1-32(2,3)18-14-22(28-38-30(35)40-31(36)39-28)26-24(16-18)34(7,8)25-17-19(33(4,5)6)15-23(27(25)42-26)29(41)37-20-10-12-21(43-9)13-11-20/h10-17H,1-9H3,(H,37,41)(H4,35,36,38,39,40). The lowest BCUT2D eigenvalue weighted by Crippen LogP contribution is -2.29. The highest BCUT2D eigenvalue weighted by atomic mass is 32.2. The normalized spacial score (nSPS) is 14.0. The van der Waals surface area contributed by atoms with E-state index in [4.69, 9.17) is 16.2 Å². The van der Waals surface area contributed by atoms with E-state index in [2.05, 4.69) is 87.8 Å². The molecule has 0 atom stereocenters. The Morgan fingerprint density at radius 1 is 0.814 bits per heavy atom. The van der Waals surface area contributed by atoms with Gasteiger partial charge in [-0.1, -0.05) is 67.5 Å². The van der Waals surface area contributed by atoms with Crippen molar-refractivity contribution in [3.8, 4) is 22.9 Å². The van der Waals surface area contributed by atoms with E-state index in [1.54, 1.807) is 11.8 Å². The molecule has 0 bridgehead atoms. The molecule has 0 radical (unpaired) electrons. The molecule has 8 nitrogen and oxygen atoms in total.